The lowest BCUT2D eigenvalue weighted by Gasteiger charge is -2.26. The van der Waals surface area contributed by atoms with Gasteiger partial charge in [-0.3, -0.25) is 0 Å². The largest absolute Gasteiger partial charge is 0.330 e. The normalized spacial score (nSPS) is 11.6. The van der Waals surface area contributed by atoms with Crippen molar-refractivity contribution in [3.05, 3.63) is 0 Å². The molecule has 0 aliphatic heterocycles. The average molecular weight is 214 g/mol. The van der Waals surface area contributed by atoms with Gasteiger partial charge in [-0.15, -0.1) is 0 Å². The van der Waals surface area contributed by atoms with E-state index in [4.69, 9.17) is 5.73 Å². The molecule has 15 heavy (non-hydrogen) atoms. The van der Waals surface area contributed by atoms with Gasteiger partial charge in [0.25, 0.3) is 0 Å². The molecule has 0 saturated heterocycles. The number of nitrogens with zero attached hydrogens (tertiary/aromatic N) is 1. The van der Waals surface area contributed by atoms with Crippen LogP contribution < -0.4 is 5.73 Å². The van der Waals surface area contributed by atoms with Crippen LogP contribution in [-0.2, 0) is 0 Å². The van der Waals surface area contributed by atoms with Gasteiger partial charge in [-0.25, -0.2) is 0 Å². The molecular formula is C13H30N2. The summed E-state index contributed by atoms with van der Waals surface area (Å²) < 4.78 is 0. The second kappa shape index (κ2) is 10.4. The fraction of sp³-hybridized carbons (Fsp3) is 1.00. The summed E-state index contributed by atoms with van der Waals surface area (Å²) in [5, 5.41) is 0. The van der Waals surface area contributed by atoms with Crippen molar-refractivity contribution in [2.24, 2.45) is 5.73 Å². The van der Waals surface area contributed by atoms with E-state index >= 15 is 0 Å². The number of nitrogens with two attached hydrogens (primary N) is 1. The van der Waals surface area contributed by atoms with E-state index < -0.39 is 0 Å². The second-order valence-corrected chi connectivity index (χ2v) is 4.69. The van der Waals surface area contributed by atoms with Crippen LogP contribution in [0.5, 0.6) is 0 Å². The maximum absolute atomic E-state index is 5.49. The van der Waals surface area contributed by atoms with E-state index in [2.05, 4.69) is 25.7 Å². The third kappa shape index (κ3) is 8.88. The Hall–Kier alpha value is -0.0800. The molecule has 92 valence electrons. The van der Waals surface area contributed by atoms with Gasteiger partial charge in [-0.2, -0.15) is 0 Å². The fourth-order valence-electron chi connectivity index (χ4n) is 1.83. The summed E-state index contributed by atoms with van der Waals surface area (Å²) in [5.74, 6) is 0. The quantitative estimate of drug-likeness (QED) is 0.566. The molecule has 0 aromatic heterocycles. The molecule has 2 nitrogen and oxygen atoms in total. The maximum Gasteiger partial charge on any atom is 0.00385 e. The highest BCUT2D eigenvalue weighted by molar-refractivity contribution is 4.63. The number of unbranched alkanes of at least 4 members (excludes halogenated alkanes) is 4. The average Bonchev–Trinajstić information content (AvgIpc) is 2.21. The Bertz CT molecular complexity index is 124. The summed E-state index contributed by atoms with van der Waals surface area (Å²) in [7, 11) is 0. The molecule has 2 heteroatoms. The van der Waals surface area contributed by atoms with Crippen molar-refractivity contribution in [2.75, 3.05) is 19.6 Å². The van der Waals surface area contributed by atoms with Crippen LogP contribution in [0.4, 0.5) is 0 Å². The molecule has 0 atom stereocenters. The van der Waals surface area contributed by atoms with Gasteiger partial charge in [0.1, 0.15) is 0 Å². The van der Waals surface area contributed by atoms with E-state index in [0.717, 1.165) is 6.54 Å². The molecule has 0 aromatic rings. The first-order chi connectivity index (χ1) is 7.22. The summed E-state index contributed by atoms with van der Waals surface area (Å²) in [5.41, 5.74) is 5.49. The van der Waals surface area contributed by atoms with Crippen LogP contribution in [0.3, 0.4) is 0 Å². The van der Waals surface area contributed by atoms with E-state index in [0.29, 0.717) is 6.04 Å². The van der Waals surface area contributed by atoms with Crippen LogP contribution in [0.25, 0.3) is 0 Å². The Kier molecular flexibility index (Phi) is 10.4. The Balaban J connectivity index is 3.54. The van der Waals surface area contributed by atoms with Crippen LogP contribution in [-0.4, -0.2) is 30.6 Å². The first kappa shape index (κ1) is 14.9. The SMILES string of the molecule is CCCCCN(CCCCCN)C(C)C. The van der Waals surface area contributed by atoms with E-state index in [1.807, 2.05) is 0 Å². The lowest BCUT2D eigenvalue weighted by atomic mass is 10.2. The number of rotatable bonds is 10. The molecule has 0 heterocycles. The standard InChI is InChI=1S/C13H30N2/c1-4-5-8-11-15(13(2)3)12-9-6-7-10-14/h13H,4-12,14H2,1-3H3. The van der Waals surface area contributed by atoms with E-state index in [-0.39, 0.29) is 0 Å². The minimum Gasteiger partial charge on any atom is -0.330 e. The Morgan fingerprint density at radius 2 is 1.53 bits per heavy atom. The van der Waals surface area contributed by atoms with Gasteiger partial charge in [0.05, 0.1) is 0 Å². The summed E-state index contributed by atoms with van der Waals surface area (Å²) in [4.78, 5) is 2.60. The van der Waals surface area contributed by atoms with Crippen LogP contribution in [0, 0.1) is 0 Å². The van der Waals surface area contributed by atoms with E-state index in [9.17, 15) is 0 Å². The molecule has 0 saturated carbocycles. The number of hydrogen-bond donors (Lipinski definition) is 1. The van der Waals surface area contributed by atoms with Crippen molar-refractivity contribution in [2.45, 2.75) is 65.3 Å². The topological polar surface area (TPSA) is 29.3 Å². The van der Waals surface area contributed by atoms with Crippen molar-refractivity contribution < 1.29 is 0 Å². The van der Waals surface area contributed by atoms with Crippen molar-refractivity contribution in [1.29, 1.82) is 0 Å². The van der Waals surface area contributed by atoms with E-state index in [1.165, 1.54) is 51.6 Å². The first-order valence-corrected chi connectivity index (χ1v) is 6.66. The minimum atomic E-state index is 0.694. The van der Waals surface area contributed by atoms with Gasteiger partial charge in [0, 0.05) is 6.04 Å². The Morgan fingerprint density at radius 1 is 0.933 bits per heavy atom. The monoisotopic (exact) mass is 214 g/mol. The van der Waals surface area contributed by atoms with Crippen LogP contribution in [0.15, 0.2) is 0 Å². The fourth-order valence-corrected chi connectivity index (χ4v) is 1.83. The molecule has 0 radical (unpaired) electrons. The zero-order chi connectivity index (χ0) is 11.5. The second-order valence-electron chi connectivity index (χ2n) is 4.69. The van der Waals surface area contributed by atoms with Crippen molar-refractivity contribution >= 4 is 0 Å². The number of hydrogen-bond acceptors (Lipinski definition) is 2. The lowest BCUT2D eigenvalue weighted by molar-refractivity contribution is 0.212. The van der Waals surface area contributed by atoms with Crippen LogP contribution >= 0.6 is 0 Å². The molecule has 0 amide bonds. The van der Waals surface area contributed by atoms with Crippen LogP contribution in [0.1, 0.15) is 59.3 Å². The summed E-state index contributed by atoms with van der Waals surface area (Å²) >= 11 is 0. The summed E-state index contributed by atoms with van der Waals surface area (Å²) in [6, 6.07) is 0.694. The van der Waals surface area contributed by atoms with Gasteiger partial charge in [0.2, 0.25) is 0 Å². The predicted octanol–water partition coefficient (Wildman–Crippen LogP) is 3.02. The highest BCUT2D eigenvalue weighted by Crippen LogP contribution is 2.06. The molecule has 0 aliphatic rings. The van der Waals surface area contributed by atoms with Gasteiger partial charge in [-0.05, 0) is 52.7 Å². The van der Waals surface area contributed by atoms with E-state index in [1.54, 1.807) is 0 Å². The molecule has 0 rings (SSSR count). The zero-order valence-electron chi connectivity index (χ0n) is 11.0. The third-order valence-corrected chi connectivity index (χ3v) is 2.93. The van der Waals surface area contributed by atoms with Crippen molar-refractivity contribution in [3.63, 3.8) is 0 Å². The predicted molar refractivity (Wildman–Crippen MR) is 69.1 cm³/mol. The molecule has 0 spiro atoms. The molecule has 2 N–H and O–H groups in total. The van der Waals surface area contributed by atoms with Gasteiger partial charge >= 0.3 is 0 Å². The summed E-state index contributed by atoms with van der Waals surface area (Å²) in [6.07, 6.45) is 7.81. The van der Waals surface area contributed by atoms with Crippen molar-refractivity contribution in [1.82, 2.24) is 4.90 Å². The minimum absolute atomic E-state index is 0.694. The Morgan fingerprint density at radius 3 is 2.00 bits per heavy atom. The molecule has 0 unspecified atom stereocenters. The molecule has 0 aromatic carbocycles. The maximum atomic E-state index is 5.49. The molecule has 0 fully saturated rings. The third-order valence-electron chi connectivity index (χ3n) is 2.93. The van der Waals surface area contributed by atoms with Crippen LogP contribution in [0.2, 0.25) is 0 Å². The summed E-state index contributed by atoms with van der Waals surface area (Å²) in [6.45, 7) is 10.2. The molecule has 0 bridgehead atoms. The molecular weight excluding hydrogens is 184 g/mol. The highest BCUT2D eigenvalue weighted by Gasteiger charge is 2.07. The van der Waals surface area contributed by atoms with Gasteiger partial charge in [0.15, 0.2) is 0 Å². The van der Waals surface area contributed by atoms with Gasteiger partial charge in [-0.1, -0.05) is 26.2 Å². The Labute approximate surface area is 96.2 Å². The van der Waals surface area contributed by atoms with Crippen molar-refractivity contribution in [3.8, 4) is 0 Å². The smallest absolute Gasteiger partial charge is 0.00385 e. The highest BCUT2D eigenvalue weighted by atomic mass is 15.1. The zero-order valence-corrected chi connectivity index (χ0v) is 11.0. The molecule has 0 aliphatic carbocycles. The lowest BCUT2D eigenvalue weighted by Crippen LogP contribution is -2.32. The first-order valence-electron chi connectivity index (χ1n) is 6.66. The van der Waals surface area contributed by atoms with Gasteiger partial charge < -0.3 is 10.6 Å².